The van der Waals surface area contributed by atoms with E-state index in [2.05, 4.69) is 0 Å². The normalized spacial score (nSPS) is 21.5. The number of aryl methyl sites for hydroxylation is 3. The first kappa shape index (κ1) is 4.56. The van der Waals surface area contributed by atoms with E-state index in [9.17, 15) is 0 Å². The summed E-state index contributed by atoms with van der Waals surface area (Å²) in [6.07, 6.45) is -0.419. The number of nitrogens with zero attached hydrogens (tertiary/aromatic N) is 1. The Morgan fingerprint density at radius 2 is 1.88 bits per heavy atom. The van der Waals surface area contributed by atoms with Crippen molar-refractivity contribution in [1.29, 1.82) is 0 Å². The van der Waals surface area contributed by atoms with Crippen molar-refractivity contribution in [1.82, 2.24) is 0 Å². The van der Waals surface area contributed by atoms with Crippen LogP contribution in [0.2, 0.25) is 0 Å². The molecule has 1 aromatic heterocycles. The molecule has 0 amide bonds. The molecule has 0 radical (unpaired) electrons. The van der Waals surface area contributed by atoms with Gasteiger partial charge in [-0.3, -0.25) is 0 Å². The average Bonchev–Trinajstić information content (AvgIpc) is 2.46. The SMILES string of the molecule is [2H]c1c(C([2H])([2H])[2H])c(C([2H])([2H])[2H])cc(-c2ccc(C([2H])([2H])[2H])cc2C)[n+]1C. The van der Waals surface area contributed by atoms with Gasteiger partial charge in [-0.2, -0.15) is 0 Å². The number of aromatic nitrogens is 1. The third-order valence-electron chi connectivity index (χ3n) is 2.69. The van der Waals surface area contributed by atoms with Crippen LogP contribution in [0.15, 0.2) is 30.4 Å². The van der Waals surface area contributed by atoms with Gasteiger partial charge in [0.2, 0.25) is 5.69 Å². The molecule has 0 fully saturated rings. The second kappa shape index (κ2) is 4.33. The van der Waals surface area contributed by atoms with E-state index in [0.717, 1.165) is 0 Å². The van der Waals surface area contributed by atoms with Gasteiger partial charge < -0.3 is 0 Å². The highest BCUT2D eigenvalue weighted by Crippen LogP contribution is 2.22. The fourth-order valence-electron chi connectivity index (χ4n) is 1.80. The van der Waals surface area contributed by atoms with Crippen molar-refractivity contribution in [3.8, 4) is 11.3 Å². The summed E-state index contributed by atoms with van der Waals surface area (Å²) in [4.78, 5) is 0. The zero-order valence-corrected chi connectivity index (χ0v) is 9.76. The number of hydrogen-bond acceptors (Lipinski definition) is 0. The lowest BCUT2D eigenvalue weighted by molar-refractivity contribution is -0.660. The summed E-state index contributed by atoms with van der Waals surface area (Å²) in [5, 5.41) is 0. The summed E-state index contributed by atoms with van der Waals surface area (Å²) >= 11 is 0. The summed E-state index contributed by atoms with van der Waals surface area (Å²) < 4.78 is 78.0. The predicted molar refractivity (Wildman–Crippen MR) is 72.0 cm³/mol. The van der Waals surface area contributed by atoms with Crippen LogP contribution in [0.4, 0.5) is 0 Å². The number of benzene rings is 1. The highest BCUT2D eigenvalue weighted by atomic mass is 14.9. The molecule has 2 rings (SSSR count). The molecule has 2 aromatic rings. The third-order valence-corrected chi connectivity index (χ3v) is 2.69. The van der Waals surface area contributed by atoms with Gasteiger partial charge in [0.15, 0.2) is 6.17 Å². The Morgan fingerprint density at radius 3 is 2.53 bits per heavy atom. The fraction of sp³-hybridized carbons (Fsp3) is 0.312. The van der Waals surface area contributed by atoms with Crippen molar-refractivity contribution >= 4 is 0 Å². The van der Waals surface area contributed by atoms with Gasteiger partial charge in [-0.15, -0.1) is 0 Å². The number of pyridine rings is 1. The molecule has 1 aromatic carbocycles. The molecule has 0 aliphatic heterocycles. The standard InChI is InChI=1S/C16H20N/c1-11-6-7-15(13(3)8-11)16-9-12(2)14(4)10-17(16)5/h6-10H,1-5H3/q+1/i1D3,2D3,4D3,10D. The van der Waals surface area contributed by atoms with E-state index in [1.807, 2.05) is 0 Å². The molecule has 0 atom stereocenters. The van der Waals surface area contributed by atoms with Crippen molar-refractivity contribution in [2.75, 3.05) is 0 Å². The Morgan fingerprint density at radius 1 is 1.06 bits per heavy atom. The first-order valence-corrected chi connectivity index (χ1v) is 5.21. The quantitative estimate of drug-likeness (QED) is 0.668. The topological polar surface area (TPSA) is 3.88 Å². The molecule has 0 unspecified atom stereocenters. The molecule has 0 spiro atoms. The van der Waals surface area contributed by atoms with E-state index in [0.29, 0.717) is 16.8 Å². The van der Waals surface area contributed by atoms with E-state index >= 15 is 0 Å². The minimum Gasteiger partial charge on any atom is -0.201 e. The van der Waals surface area contributed by atoms with Gasteiger partial charge in [0.25, 0.3) is 0 Å². The first-order valence-electron chi connectivity index (χ1n) is 10.2. The lowest BCUT2D eigenvalue weighted by atomic mass is 10.0. The number of hydrogen-bond donors (Lipinski definition) is 0. The maximum atomic E-state index is 8.24. The Kier molecular flexibility index (Phi) is 1.16. The number of rotatable bonds is 1. The largest absolute Gasteiger partial charge is 0.212 e. The molecule has 0 saturated heterocycles. The average molecular weight is 236 g/mol. The van der Waals surface area contributed by atoms with Crippen LogP contribution in [0.25, 0.3) is 11.3 Å². The molecule has 1 heteroatoms. The lowest BCUT2D eigenvalue weighted by Gasteiger charge is -2.07. The van der Waals surface area contributed by atoms with Crippen molar-refractivity contribution in [3.05, 3.63) is 52.7 Å². The third kappa shape index (κ3) is 2.23. The van der Waals surface area contributed by atoms with Crippen LogP contribution >= 0.6 is 0 Å². The van der Waals surface area contributed by atoms with Gasteiger partial charge in [-0.05, 0) is 44.7 Å². The summed E-state index contributed by atoms with van der Waals surface area (Å²) in [5.74, 6) is 0. The monoisotopic (exact) mass is 236 g/mol. The molecule has 0 aliphatic rings. The van der Waals surface area contributed by atoms with Crippen molar-refractivity contribution < 1.29 is 18.3 Å². The predicted octanol–water partition coefficient (Wildman–Crippen LogP) is 3.41. The Labute approximate surface area is 118 Å². The summed E-state index contributed by atoms with van der Waals surface area (Å²) in [5.41, 5.74) is 0.671. The van der Waals surface area contributed by atoms with E-state index in [4.69, 9.17) is 13.7 Å². The van der Waals surface area contributed by atoms with Crippen LogP contribution < -0.4 is 4.57 Å². The van der Waals surface area contributed by atoms with Crippen LogP contribution in [-0.4, -0.2) is 0 Å². The molecule has 0 saturated carbocycles. The van der Waals surface area contributed by atoms with Gasteiger partial charge in [-0.25, -0.2) is 4.57 Å². The second-order valence-corrected chi connectivity index (χ2v) is 4.02. The van der Waals surface area contributed by atoms with Gasteiger partial charge in [0.05, 0.1) is 0 Å². The van der Waals surface area contributed by atoms with Crippen LogP contribution in [0.3, 0.4) is 0 Å². The van der Waals surface area contributed by atoms with Gasteiger partial charge >= 0.3 is 0 Å². The van der Waals surface area contributed by atoms with Crippen LogP contribution in [0.5, 0.6) is 0 Å². The second-order valence-electron chi connectivity index (χ2n) is 4.02. The van der Waals surface area contributed by atoms with E-state index in [-0.39, 0.29) is 5.56 Å². The molecule has 88 valence electrons. The maximum absolute atomic E-state index is 8.24. The Bertz CT molecular complexity index is 875. The Balaban J connectivity index is 2.82. The van der Waals surface area contributed by atoms with Crippen LogP contribution in [0, 0.1) is 27.5 Å². The molecule has 17 heavy (non-hydrogen) atoms. The maximum Gasteiger partial charge on any atom is 0.212 e. The zero-order valence-electron chi connectivity index (χ0n) is 19.8. The minimum atomic E-state index is -2.75. The summed E-state index contributed by atoms with van der Waals surface area (Å²) in [6.45, 7) is -6.06. The van der Waals surface area contributed by atoms with Gasteiger partial charge in [-0.1, -0.05) is 17.7 Å². The molecular weight excluding hydrogens is 206 g/mol. The fourth-order valence-corrected chi connectivity index (χ4v) is 1.80. The lowest BCUT2D eigenvalue weighted by Crippen LogP contribution is -2.31. The van der Waals surface area contributed by atoms with E-state index in [1.165, 1.54) is 29.8 Å². The summed E-state index contributed by atoms with van der Waals surface area (Å²) in [6, 6.07) is 5.71. The van der Waals surface area contributed by atoms with Crippen molar-refractivity contribution in [2.24, 2.45) is 7.05 Å². The molecular formula is C16H20N+. The smallest absolute Gasteiger partial charge is 0.201 e. The highest BCUT2D eigenvalue weighted by Gasteiger charge is 2.13. The molecule has 0 N–H and O–H groups in total. The molecule has 1 nitrogen and oxygen atoms in total. The van der Waals surface area contributed by atoms with E-state index in [1.54, 1.807) is 13.0 Å². The van der Waals surface area contributed by atoms with Crippen molar-refractivity contribution in [2.45, 2.75) is 27.5 Å². The van der Waals surface area contributed by atoms with E-state index < -0.39 is 37.9 Å². The Hall–Kier alpha value is -1.63. The highest BCUT2D eigenvalue weighted by molar-refractivity contribution is 5.62. The van der Waals surface area contributed by atoms with Crippen molar-refractivity contribution in [3.63, 3.8) is 0 Å². The molecule has 0 aliphatic carbocycles. The summed E-state index contributed by atoms with van der Waals surface area (Å²) in [7, 11) is 1.48. The van der Waals surface area contributed by atoms with Gasteiger partial charge in [0, 0.05) is 29.5 Å². The first-order chi connectivity index (χ1) is 12.0. The zero-order chi connectivity index (χ0) is 20.9. The minimum absolute atomic E-state index is 0.146. The van der Waals surface area contributed by atoms with Crippen LogP contribution in [-0.2, 0) is 7.05 Å². The molecule has 1 heterocycles. The van der Waals surface area contributed by atoms with Gasteiger partial charge in [0.1, 0.15) is 8.42 Å². The van der Waals surface area contributed by atoms with Crippen LogP contribution in [0.1, 0.15) is 36.0 Å². The molecule has 0 bridgehead atoms.